The first-order chi connectivity index (χ1) is 9.86. The molecule has 1 aromatic rings. The maximum absolute atomic E-state index is 13.1. The van der Waals surface area contributed by atoms with E-state index in [0.29, 0.717) is 18.7 Å². The summed E-state index contributed by atoms with van der Waals surface area (Å²) in [6.45, 7) is 3.04. The highest BCUT2D eigenvalue weighted by Crippen LogP contribution is 2.31. The molecular weight excluding hydrogens is 290 g/mol. The van der Waals surface area contributed by atoms with E-state index in [1.807, 2.05) is 6.92 Å². The lowest BCUT2D eigenvalue weighted by atomic mass is 10.1. The molecule has 0 aromatic heterocycles. The Labute approximate surface area is 120 Å². The fraction of sp³-hybridized carbons (Fsp3) is 0.500. The van der Waals surface area contributed by atoms with Gasteiger partial charge in [-0.25, -0.2) is 4.39 Å². The van der Waals surface area contributed by atoms with Crippen LogP contribution in [0.15, 0.2) is 18.2 Å². The van der Waals surface area contributed by atoms with E-state index in [9.17, 15) is 22.4 Å². The molecule has 0 aliphatic carbocycles. The van der Waals surface area contributed by atoms with Gasteiger partial charge in [-0.15, -0.1) is 0 Å². The Balaban J connectivity index is 2.55. The molecule has 7 heteroatoms. The zero-order valence-electron chi connectivity index (χ0n) is 11.6. The first kappa shape index (κ1) is 17.4. The quantitative estimate of drug-likeness (QED) is 0.619. The van der Waals surface area contributed by atoms with E-state index in [4.69, 9.17) is 4.74 Å². The largest absolute Gasteiger partial charge is 0.419 e. The highest BCUT2D eigenvalue weighted by Gasteiger charge is 2.34. The molecule has 118 valence electrons. The summed E-state index contributed by atoms with van der Waals surface area (Å²) in [6.07, 6.45) is -2.94. The predicted octanol–water partition coefficient (Wildman–Crippen LogP) is 3.39. The Kier molecular flexibility index (Phi) is 6.61. The predicted molar refractivity (Wildman–Crippen MR) is 69.5 cm³/mol. The Bertz CT molecular complexity index is 475. The minimum Gasteiger partial charge on any atom is -0.380 e. The molecule has 21 heavy (non-hydrogen) atoms. The molecular formula is C14H17F4NO2. The first-order valence-electron chi connectivity index (χ1n) is 6.59. The first-order valence-corrected chi connectivity index (χ1v) is 6.59. The van der Waals surface area contributed by atoms with Crippen LogP contribution in [0.5, 0.6) is 0 Å². The molecule has 1 amide bonds. The van der Waals surface area contributed by atoms with Crippen LogP contribution in [0.1, 0.15) is 35.7 Å². The smallest absolute Gasteiger partial charge is 0.380 e. The third-order valence-electron chi connectivity index (χ3n) is 2.71. The van der Waals surface area contributed by atoms with E-state index in [1.165, 1.54) is 0 Å². The van der Waals surface area contributed by atoms with Gasteiger partial charge in [0.25, 0.3) is 5.91 Å². The second-order valence-electron chi connectivity index (χ2n) is 4.41. The van der Waals surface area contributed by atoms with Crippen molar-refractivity contribution >= 4 is 5.91 Å². The van der Waals surface area contributed by atoms with Crippen molar-refractivity contribution in [2.45, 2.75) is 25.9 Å². The Morgan fingerprint density at radius 1 is 1.29 bits per heavy atom. The lowest BCUT2D eigenvalue weighted by Gasteiger charge is -2.10. The molecule has 0 saturated carbocycles. The van der Waals surface area contributed by atoms with Crippen molar-refractivity contribution in [3.8, 4) is 0 Å². The van der Waals surface area contributed by atoms with Crippen LogP contribution in [-0.4, -0.2) is 25.7 Å². The zero-order valence-corrected chi connectivity index (χ0v) is 11.6. The lowest BCUT2D eigenvalue weighted by Crippen LogP contribution is -2.27. The van der Waals surface area contributed by atoms with Gasteiger partial charge in [-0.3, -0.25) is 4.79 Å². The van der Waals surface area contributed by atoms with Gasteiger partial charge in [-0.2, -0.15) is 13.2 Å². The van der Waals surface area contributed by atoms with Crippen molar-refractivity contribution in [3.05, 3.63) is 35.1 Å². The minimum atomic E-state index is -4.83. The van der Waals surface area contributed by atoms with Crippen LogP contribution in [0.2, 0.25) is 0 Å². The Morgan fingerprint density at radius 3 is 2.62 bits per heavy atom. The summed E-state index contributed by atoms with van der Waals surface area (Å²) in [7, 11) is 0. The molecule has 1 rings (SSSR count). The van der Waals surface area contributed by atoms with Crippen molar-refractivity contribution in [1.29, 1.82) is 0 Å². The van der Waals surface area contributed by atoms with Crippen LogP contribution in [0.3, 0.4) is 0 Å². The maximum Gasteiger partial charge on any atom is 0.419 e. The summed E-state index contributed by atoms with van der Waals surface area (Å²) in [5, 5.41) is 2.42. The molecule has 0 aliphatic heterocycles. The monoisotopic (exact) mass is 307 g/mol. The normalized spacial score (nSPS) is 11.5. The summed E-state index contributed by atoms with van der Waals surface area (Å²) in [5.41, 5.74) is -1.69. The van der Waals surface area contributed by atoms with Crippen molar-refractivity contribution < 1.29 is 27.1 Å². The minimum absolute atomic E-state index is 0.182. The molecule has 0 aliphatic rings. The van der Waals surface area contributed by atoms with Crippen LogP contribution >= 0.6 is 0 Å². The molecule has 0 fully saturated rings. The highest BCUT2D eigenvalue weighted by atomic mass is 19.4. The Morgan fingerprint density at radius 2 is 2.00 bits per heavy atom. The molecule has 0 radical (unpaired) electrons. The van der Waals surface area contributed by atoms with E-state index in [2.05, 4.69) is 5.32 Å². The molecule has 0 heterocycles. The molecule has 0 bridgehead atoms. The molecule has 3 nitrogen and oxygen atoms in total. The maximum atomic E-state index is 13.1. The SMILES string of the molecule is CCCCOCCNC(=O)c1ccc(F)c(C(F)(F)F)c1. The number of rotatable bonds is 7. The van der Waals surface area contributed by atoms with Gasteiger partial charge in [-0.1, -0.05) is 13.3 Å². The van der Waals surface area contributed by atoms with Gasteiger partial charge >= 0.3 is 6.18 Å². The highest BCUT2D eigenvalue weighted by molar-refractivity contribution is 5.94. The van der Waals surface area contributed by atoms with Gasteiger partial charge in [0.05, 0.1) is 12.2 Å². The average Bonchev–Trinajstić information content (AvgIpc) is 2.41. The number of unbranched alkanes of at least 4 members (excludes halogenated alkanes) is 1. The topological polar surface area (TPSA) is 38.3 Å². The van der Waals surface area contributed by atoms with Crippen LogP contribution in [0, 0.1) is 5.82 Å². The van der Waals surface area contributed by atoms with Gasteiger partial charge in [0, 0.05) is 18.7 Å². The number of hydrogen-bond donors (Lipinski definition) is 1. The summed E-state index contributed by atoms with van der Waals surface area (Å²) in [4.78, 5) is 11.7. The van der Waals surface area contributed by atoms with Crippen LogP contribution < -0.4 is 5.32 Å². The van der Waals surface area contributed by atoms with Gasteiger partial charge in [0.15, 0.2) is 0 Å². The van der Waals surface area contributed by atoms with Crippen molar-refractivity contribution in [2.24, 2.45) is 0 Å². The molecule has 0 unspecified atom stereocenters. The third-order valence-corrected chi connectivity index (χ3v) is 2.71. The van der Waals surface area contributed by atoms with E-state index in [1.54, 1.807) is 0 Å². The lowest BCUT2D eigenvalue weighted by molar-refractivity contribution is -0.140. The summed E-state index contributed by atoms with van der Waals surface area (Å²) in [5.74, 6) is -2.10. The van der Waals surface area contributed by atoms with Crippen LogP contribution in [0.25, 0.3) is 0 Å². The van der Waals surface area contributed by atoms with Gasteiger partial charge in [-0.05, 0) is 24.6 Å². The molecule has 0 spiro atoms. The van der Waals surface area contributed by atoms with E-state index < -0.39 is 23.5 Å². The van der Waals surface area contributed by atoms with Gasteiger partial charge in [0.1, 0.15) is 5.82 Å². The van der Waals surface area contributed by atoms with E-state index in [0.717, 1.165) is 18.9 Å². The van der Waals surface area contributed by atoms with Crippen molar-refractivity contribution in [1.82, 2.24) is 5.32 Å². The standard InChI is InChI=1S/C14H17F4NO2/c1-2-3-7-21-8-6-19-13(20)10-4-5-12(15)11(9-10)14(16,17)18/h4-5,9H,2-3,6-8H2,1H3,(H,19,20). The summed E-state index contributed by atoms with van der Waals surface area (Å²) >= 11 is 0. The zero-order chi connectivity index (χ0) is 15.9. The molecule has 0 atom stereocenters. The average molecular weight is 307 g/mol. The number of carbonyl (C=O) groups is 1. The van der Waals surface area contributed by atoms with Gasteiger partial charge in [0.2, 0.25) is 0 Å². The van der Waals surface area contributed by atoms with Crippen molar-refractivity contribution in [2.75, 3.05) is 19.8 Å². The second-order valence-corrected chi connectivity index (χ2v) is 4.41. The number of hydrogen-bond acceptors (Lipinski definition) is 2. The van der Waals surface area contributed by atoms with Crippen molar-refractivity contribution in [3.63, 3.8) is 0 Å². The number of carbonyl (C=O) groups excluding carboxylic acids is 1. The summed E-state index contributed by atoms with van der Waals surface area (Å²) < 4.78 is 55.9. The number of ether oxygens (including phenoxy) is 1. The van der Waals surface area contributed by atoms with Crippen LogP contribution in [0.4, 0.5) is 17.6 Å². The number of benzene rings is 1. The second kappa shape index (κ2) is 7.97. The van der Waals surface area contributed by atoms with E-state index >= 15 is 0 Å². The van der Waals surface area contributed by atoms with E-state index in [-0.39, 0.29) is 18.7 Å². The van der Waals surface area contributed by atoms with Crippen LogP contribution in [-0.2, 0) is 10.9 Å². The summed E-state index contributed by atoms with van der Waals surface area (Å²) in [6, 6.07) is 2.15. The number of amides is 1. The number of alkyl halides is 3. The number of halogens is 4. The fourth-order valence-corrected chi connectivity index (χ4v) is 1.57. The molecule has 1 aromatic carbocycles. The number of nitrogens with one attached hydrogen (secondary N) is 1. The Hall–Kier alpha value is -1.63. The fourth-order valence-electron chi connectivity index (χ4n) is 1.57. The molecule has 0 saturated heterocycles. The molecule has 1 N–H and O–H groups in total. The van der Waals surface area contributed by atoms with Gasteiger partial charge < -0.3 is 10.1 Å². The third kappa shape index (κ3) is 5.71.